The lowest BCUT2D eigenvalue weighted by molar-refractivity contribution is 0.574. The Balaban J connectivity index is 2.20. The molecule has 0 radical (unpaired) electrons. The Kier molecular flexibility index (Phi) is 4.45. The van der Waals surface area contributed by atoms with Crippen molar-refractivity contribution >= 4 is 20.9 Å². The van der Waals surface area contributed by atoms with Crippen molar-refractivity contribution in [2.45, 2.75) is 38.9 Å². The van der Waals surface area contributed by atoms with E-state index in [1.165, 1.54) is 0 Å². The maximum Gasteiger partial charge on any atom is 0.229 e. The van der Waals surface area contributed by atoms with Crippen LogP contribution >= 0.6 is 0 Å². The van der Waals surface area contributed by atoms with Crippen molar-refractivity contribution in [2.75, 3.05) is 5.75 Å². The first-order valence-corrected chi connectivity index (χ1v) is 9.82. The van der Waals surface area contributed by atoms with E-state index in [4.69, 9.17) is 0 Å². The quantitative estimate of drug-likeness (QED) is 0.707. The van der Waals surface area contributed by atoms with Gasteiger partial charge in [0, 0.05) is 0 Å². The maximum atomic E-state index is 12.7. The SMILES string of the molecule is CCCS(=O)(=O)c1nc2ccccc2n1Cc1cc(C)ccc1C. The van der Waals surface area contributed by atoms with E-state index >= 15 is 0 Å². The molecular weight excluding hydrogens is 320 g/mol. The molecule has 0 amide bonds. The Hall–Kier alpha value is -2.14. The van der Waals surface area contributed by atoms with Crippen LogP contribution in [0.5, 0.6) is 0 Å². The highest BCUT2D eigenvalue weighted by atomic mass is 32.2. The Labute approximate surface area is 143 Å². The summed E-state index contributed by atoms with van der Waals surface area (Å²) in [6.07, 6.45) is 0.578. The summed E-state index contributed by atoms with van der Waals surface area (Å²) in [6, 6.07) is 13.8. The zero-order valence-electron chi connectivity index (χ0n) is 14.3. The molecule has 0 saturated heterocycles. The number of benzene rings is 2. The largest absolute Gasteiger partial charge is 0.310 e. The third-order valence-corrected chi connectivity index (χ3v) is 6.02. The van der Waals surface area contributed by atoms with Crippen molar-refractivity contribution < 1.29 is 8.42 Å². The van der Waals surface area contributed by atoms with Gasteiger partial charge in [-0.05, 0) is 43.5 Å². The van der Waals surface area contributed by atoms with Gasteiger partial charge in [-0.25, -0.2) is 13.4 Å². The molecule has 5 heteroatoms. The number of hydrogen-bond donors (Lipinski definition) is 0. The van der Waals surface area contributed by atoms with Crippen molar-refractivity contribution in [1.29, 1.82) is 0 Å². The van der Waals surface area contributed by atoms with Gasteiger partial charge < -0.3 is 4.57 Å². The van der Waals surface area contributed by atoms with Crippen LogP contribution in [0.2, 0.25) is 0 Å². The van der Waals surface area contributed by atoms with Gasteiger partial charge >= 0.3 is 0 Å². The molecule has 0 N–H and O–H groups in total. The van der Waals surface area contributed by atoms with Gasteiger partial charge in [-0.15, -0.1) is 0 Å². The molecule has 0 aliphatic carbocycles. The van der Waals surface area contributed by atoms with Crippen molar-refractivity contribution in [1.82, 2.24) is 9.55 Å². The fourth-order valence-corrected chi connectivity index (χ4v) is 4.40. The average Bonchev–Trinajstić information content (AvgIpc) is 2.91. The van der Waals surface area contributed by atoms with E-state index in [-0.39, 0.29) is 10.9 Å². The van der Waals surface area contributed by atoms with Gasteiger partial charge in [0.05, 0.1) is 23.3 Å². The third-order valence-electron chi connectivity index (χ3n) is 4.20. The first-order valence-electron chi connectivity index (χ1n) is 8.16. The minimum absolute atomic E-state index is 0.114. The molecule has 4 nitrogen and oxygen atoms in total. The number of imidazole rings is 1. The summed E-state index contributed by atoms with van der Waals surface area (Å²) in [7, 11) is -3.39. The molecule has 0 atom stereocenters. The van der Waals surface area contributed by atoms with E-state index in [1.807, 2.05) is 49.6 Å². The van der Waals surface area contributed by atoms with Crippen LogP contribution in [-0.4, -0.2) is 23.7 Å². The van der Waals surface area contributed by atoms with E-state index in [2.05, 4.69) is 23.2 Å². The molecule has 0 fully saturated rings. The molecule has 1 aromatic heterocycles. The molecule has 3 aromatic rings. The highest BCUT2D eigenvalue weighted by Gasteiger charge is 2.23. The van der Waals surface area contributed by atoms with E-state index in [1.54, 1.807) is 0 Å². The maximum absolute atomic E-state index is 12.7. The topological polar surface area (TPSA) is 52.0 Å². The number of aromatic nitrogens is 2. The number of fused-ring (bicyclic) bond motifs is 1. The van der Waals surface area contributed by atoms with Crippen molar-refractivity contribution in [3.63, 3.8) is 0 Å². The van der Waals surface area contributed by atoms with Gasteiger partial charge in [-0.2, -0.15) is 0 Å². The summed E-state index contributed by atoms with van der Waals surface area (Å²) >= 11 is 0. The first-order chi connectivity index (χ1) is 11.4. The predicted octanol–water partition coefficient (Wildman–Crippen LogP) is 3.89. The molecule has 0 unspecified atom stereocenters. The zero-order chi connectivity index (χ0) is 17.3. The highest BCUT2D eigenvalue weighted by Crippen LogP contribution is 2.23. The average molecular weight is 342 g/mol. The van der Waals surface area contributed by atoms with Gasteiger partial charge in [0.15, 0.2) is 0 Å². The molecule has 3 rings (SSSR count). The van der Waals surface area contributed by atoms with Crippen molar-refractivity contribution in [3.8, 4) is 0 Å². The molecule has 2 aromatic carbocycles. The Bertz CT molecular complexity index is 988. The van der Waals surface area contributed by atoms with Crippen molar-refractivity contribution in [3.05, 3.63) is 59.2 Å². The van der Waals surface area contributed by atoms with E-state index < -0.39 is 9.84 Å². The highest BCUT2D eigenvalue weighted by molar-refractivity contribution is 7.91. The summed E-state index contributed by atoms with van der Waals surface area (Å²) in [5, 5.41) is 0.173. The molecule has 0 aliphatic rings. The molecule has 0 spiro atoms. The monoisotopic (exact) mass is 342 g/mol. The summed E-state index contributed by atoms with van der Waals surface area (Å²) in [6.45, 7) is 6.47. The van der Waals surface area contributed by atoms with Crippen LogP contribution < -0.4 is 0 Å². The first kappa shape index (κ1) is 16.7. The van der Waals surface area contributed by atoms with Gasteiger partial charge in [0.1, 0.15) is 0 Å². The van der Waals surface area contributed by atoms with E-state index in [9.17, 15) is 8.42 Å². The molecule has 0 saturated carbocycles. The van der Waals surface area contributed by atoms with Gasteiger partial charge in [-0.1, -0.05) is 42.8 Å². The van der Waals surface area contributed by atoms with Crippen LogP contribution in [-0.2, 0) is 16.4 Å². The minimum atomic E-state index is -3.39. The van der Waals surface area contributed by atoms with E-state index in [0.29, 0.717) is 13.0 Å². The Morgan fingerprint density at radius 1 is 1.08 bits per heavy atom. The van der Waals surface area contributed by atoms with Crippen LogP contribution in [0, 0.1) is 13.8 Å². The minimum Gasteiger partial charge on any atom is -0.310 e. The zero-order valence-corrected chi connectivity index (χ0v) is 15.1. The summed E-state index contributed by atoms with van der Waals surface area (Å²) in [4.78, 5) is 4.43. The number of sulfone groups is 1. The lowest BCUT2D eigenvalue weighted by Gasteiger charge is -2.12. The fourth-order valence-electron chi connectivity index (χ4n) is 2.94. The second-order valence-corrected chi connectivity index (χ2v) is 8.22. The van der Waals surface area contributed by atoms with Crippen LogP contribution in [0.4, 0.5) is 0 Å². The number of aryl methyl sites for hydroxylation is 2. The summed E-state index contributed by atoms with van der Waals surface area (Å²) in [5.74, 6) is 0.114. The molecule has 24 heavy (non-hydrogen) atoms. The standard InChI is InChI=1S/C19H22N2O2S/c1-4-11-24(22,23)19-20-17-7-5-6-8-18(17)21(19)13-16-12-14(2)9-10-15(16)3/h5-10,12H,4,11,13H2,1-3H3. The molecule has 0 bridgehead atoms. The second-order valence-electron chi connectivity index (χ2n) is 6.22. The van der Waals surface area contributed by atoms with Crippen LogP contribution in [0.3, 0.4) is 0 Å². The molecular formula is C19H22N2O2S. The van der Waals surface area contributed by atoms with Gasteiger partial charge in [0.25, 0.3) is 0 Å². The number of hydrogen-bond acceptors (Lipinski definition) is 3. The Morgan fingerprint density at radius 3 is 2.58 bits per heavy atom. The lowest BCUT2D eigenvalue weighted by Crippen LogP contribution is -2.15. The summed E-state index contributed by atoms with van der Waals surface area (Å²) in [5.41, 5.74) is 5.01. The predicted molar refractivity (Wildman–Crippen MR) is 97.1 cm³/mol. The van der Waals surface area contributed by atoms with E-state index in [0.717, 1.165) is 27.7 Å². The molecule has 126 valence electrons. The van der Waals surface area contributed by atoms with Crippen LogP contribution in [0.15, 0.2) is 47.6 Å². The Morgan fingerprint density at radius 2 is 1.83 bits per heavy atom. The van der Waals surface area contributed by atoms with Gasteiger partial charge in [0.2, 0.25) is 15.0 Å². The van der Waals surface area contributed by atoms with Crippen LogP contribution in [0.25, 0.3) is 11.0 Å². The number of rotatable bonds is 5. The molecule has 1 heterocycles. The second kappa shape index (κ2) is 6.40. The van der Waals surface area contributed by atoms with Gasteiger partial charge in [-0.3, -0.25) is 0 Å². The smallest absolute Gasteiger partial charge is 0.229 e. The number of para-hydroxylation sites is 2. The summed E-state index contributed by atoms with van der Waals surface area (Å²) < 4.78 is 27.2. The lowest BCUT2D eigenvalue weighted by atomic mass is 10.1. The number of nitrogens with zero attached hydrogens (tertiary/aromatic N) is 2. The third kappa shape index (κ3) is 3.08. The van der Waals surface area contributed by atoms with Crippen molar-refractivity contribution in [2.24, 2.45) is 0 Å². The normalized spacial score (nSPS) is 12.0. The van der Waals surface area contributed by atoms with Crippen LogP contribution in [0.1, 0.15) is 30.0 Å². The molecule has 0 aliphatic heterocycles. The fraction of sp³-hybridized carbons (Fsp3) is 0.316.